The zero-order valence-corrected chi connectivity index (χ0v) is 13.3. The van der Waals surface area contributed by atoms with Crippen LogP contribution in [0.1, 0.15) is 50.9 Å². The third-order valence-corrected chi connectivity index (χ3v) is 5.12. The van der Waals surface area contributed by atoms with E-state index in [0.717, 1.165) is 23.7 Å². The number of nitrogens with one attached hydrogen (secondary N) is 1. The van der Waals surface area contributed by atoms with Crippen molar-refractivity contribution in [3.63, 3.8) is 0 Å². The maximum absolute atomic E-state index is 6.43. The Balaban J connectivity index is 2.30. The molecule has 1 aromatic rings. The Labute approximate surface area is 121 Å². The number of halogens is 1. The van der Waals surface area contributed by atoms with Crippen LogP contribution in [-0.2, 0) is 13.5 Å². The summed E-state index contributed by atoms with van der Waals surface area (Å²) in [6, 6.07) is 0. The van der Waals surface area contributed by atoms with Crippen LogP contribution in [-0.4, -0.2) is 21.9 Å². The first-order chi connectivity index (χ1) is 8.96. The maximum Gasteiger partial charge on any atom is 0.0847 e. The third-order valence-electron chi connectivity index (χ3n) is 4.63. The molecule has 1 unspecified atom stereocenters. The van der Waals surface area contributed by atoms with Crippen LogP contribution in [0.25, 0.3) is 0 Å². The standard InChI is InChI=1S/C15H26ClN3/c1-11(2)15(8-6-5-7-9-17-15)10-13-14(16)12(3)18-19(13)4/h11,17H,5-10H2,1-4H3. The fourth-order valence-electron chi connectivity index (χ4n) is 3.19. The highest BCUT2D eigenvalue weighted by Gasteiger charge is 2.35. The van der Waals surface area contributed by atoms with Gasteiger partial charge in [-0.25, -0.2) is 0 Å². The molecule has 1 saturated heterocycles. The first kappa shape index (κ1) is 14.9. The Morgan fingerprint density at radius 2 is 2.11 bits per heavy atom. The fraction of sp³-hybridized carbons (Fsp3) is 0.800. The van der Waals surface area contributed by atoms with Crippen LogP contribution in [0.5, 0.6) is 0 Å². The highest BCUT2D eigenvalue weighted by Crippen LogP contribution is 2.33. The lowest BCUT2D eigenvalue weighted by Gasteiger charge is -2.38. The van der Waals surface area contributed by atoms with Crippen molar-refractivity contribution in [1.29, 1.82) is 0 Å². The summed E-state index contributed by atoms with van der Waals surface area (Å²) in [4.78, 5) is 0. The summed E-state index contributed by atoms with van der Waals surface area (Å²) in [5.74, 6) is 0.594. The molecule has 1 N–H and O–H groups in total. The number of aryl methyl sites for hydroxylation is 2. The molecule has 0 amide bonds. The van der Waals surface area contributed by atoms with Gasteiger partial charge in [0.1, 0.15) is 0 Å². The topological polar surface area (TPSA) is 29.9 Å². The summed E-state index contributed by atoms with van der Waals surface area (Å²) in [5, 5.41) is 9.10. The van der Waals surface area contributed by atoms with Crippen LogP contribution in [0.4, 0.5) is 0 Å². The first-order valence-corrected chi connectivity index (χ1v) is 7.77. The summed E-state index contributed by atoms with van der Waals surface area (Å²) in [5.41, 5.74) is 2.27. The predicted molar refractivity (Wildman–Crippen MR) is 80.7 cm³/mol. The minimum absolute atomic E-state index is 0.167. The Morgan fingerprint density at radius 3 is 2.68 bits per heavy atom. The Hall–Kier alpha value is -0.540. The lowest BCUT2D eigenvalue weighted by molar-refractivity contribution is 0.222. The van der Waals surface area contributed by atoms with Crippen molar-refractivity contribution in [2.45, 2.75) is 58.4 Å². The Morgan fingerprint density at radius 1 is 1.37 bits per heavy atom. The van der Waals surface area contributed by atoms with Gasteiger partial charge < -0.3 is 5.32 Å². The molecule has 0 aromatic carbocycles. The van der Waals surface area contributed by atoms with Crippen molar-refractivity contribution >= 4 is 11.6 Å². The molecule has 108 valence electrons. The van der Waals surface area contributed by atoms with E-state index in [0.29, 0.717) is 5.92 Å². The van der Waals surface area contributed by atoms with Crippen LogP contribution >= 0.6 is 11.6 Å². The quantitative estimate of drug-likeness (QED) is 0.920. The molecule has 0 saturated carbocycles. The fourth-order valence-corrected chi connectivity index (χ4v) is 3.41. The molecule has 0 spiro atoms. The molecular weight excluding hydrogens is 258 g/mol. The minimum atomic E-state index is 0.167. The maximum atomic E-state index is 6.43. The van der Waals surface area contributed by atoms with Gasteiger partial charge in [-0.15, -0.1) is 0 Å². The van der Waals surface area contributed by atoms with E-state index in [1.54, 1.807) is 0 Å². The van der Waals surface area contributed by atoms with Crippen molar-refractivity contribution in [2.75, 3.05) is 6.54 Å². The van der Waals surface area contributed by atoms with Gasteiger partial charge >= 0.3 is 0 Å². The van der Waals surface area contributed by atoms with Gasteiger partial charge in [0, 0.05) is 19.0 Å². The van der Waals surface area contributed by atoms with E-state index in [1.165, 1.54) is 31.4 Å². The van der Waals surface area contributed by atoms with Crippen LogP contribution in [0.2, 0.25) is 5.02 Å². The highest BCUT2D eigenvalue weighted by molar-refractivity contribution is 6.31. The zero-order valence-electron chi connectivity index (χ0n) is 12.6. The molecule has 4 heteroatoms. The molecule has 19 heavy (non-hydrogen) atoms. The number of nitrogens with zero attached hydrogens (tertiary/aromatic N) is 2. The lowest BCUT2D eigenvalue weighted by Crippen LogP contribution is -2.51. The Bertz CT molecular complexity index is 429. The van der Waals surface area contributed by atoms with Gasteiger partial charge in [0.15, 0.2) is 0 Å². The van der Waals surface area contributed by atoms with Crippen LogP contribution in [0, 0.1) is 12.8 Å². The second kappa shape index (κ2) is 5.84. The summed E-state index contributed by atoms with van der Waals surface area (Å²) in [7, 11) is 2.00. The summed E-state index contributed by atoms with van der Waals surface area (Å²) in [6.07, 6.45) is 6.12. The average molecular weight is 284 g/mol. The molecular formula is C15H26ClN3. The summed E-state index contributed by atoms with van der Waals surface area (Å²) < 4.78 is 1.95. The molecule has 1 aliphatic rings. The number of hydrogen-bond donors (Lipinski definition) is 1. The van der Waals surface area contributed by atoms with Gasteiger partial charge in [0.25, 0.3) is 0 Å². The molecule has 1 aromatic heterocycles. The minimum Gasteiger partial charge on any atom is -0.311 e. The Kier molecular flexibility index (Phi) is 4.57. The van der Waals surface area contributed by atoms with E-state index in [4.69, 9.17) is 11.6 Å². The van der Waals surface area contributed by atoms with E-state index in [1.807, 2.05) is 18.7 Å². The molecule has 1 atom stereocenters. The molecule has 0 radical (unpaired) electrons. The van der Waals surface area contributed by atoms with E-state index in [9.17, 15) is 0 Å². The van der Waals surface area contributed by atoms with Gasteiger partial charge in [-0.1, -0.05) is 38.3 Å². The zero-order chi connectivity index (χ0) is 14.0. The van der Waals surface area contributed by atoms with Crippen LogP contribution in [0.15, 0.2) is 0 Å². The molecule has 2 rings (SSSR count). The number of rotatable bonds is 3. The first-order valence-electron chi connectivity index (χ1n) is 7.39. The predicted octanol–water partition coefficient (Wildman–Crippen LogP) is 3.48. The molecule has 1 fully saturated rings. The summed E-state index contributed by atoms with van der Waals surface area (Å²) in [6.45, 7) is 7.73. The van der Waals surface area contributed by atoms with Crippen molar-refractivity contribution in [3.05, 3.63) is 16.4 Å². The summed E-state index contributed by atoms with van der Waals surface area (Å²) >= 11 is 6.43. The second-order valence-corrected chi connectivity index (χ2v) is 6.57. The van der Waals surface area contributed by atoms with E-state index in [-0.39, 0.29) is 5.54 Å². The SMILES string of the molecule is Cc1nn(C)c(CC2(C(C)C)CCCCCN2)c1Cl. The largest absolute Gasteiger partial charge is 0.311 e. The van der Waals surface area contributed by atoms with Gasteiger partial charge in [-0.3, -0.25) is 4.68 Å². The lowest BCUT2D eigenvalue weighted by atomic mass is 9.78. The van der Waals surface area contributed by atoms with Crippen LogP contribution in [0.3, 0.4) is 0 Å². The van der Waals surface area contributed by atoms with E-state index in [2.05, 4.69) is 24.3 Å². The molecule has 3 nitrogen and oxygen atoms in total. The smallest absolute Gasteiger partial charge is 0.0847 e. The third kappa shape index (κ3) is 2.97. The van der Waals surface area contributed by atoms with Crippen molar-refractivity contribution in [2.24, 2.45) is 13.0 Å². The van der Waals surface area contributed by atoms with Crippen molar-refractivity contribution < 1.29 is 0 Å². The molecule has 1 aliphatic heterocycles. The molecule has 2 heterocycles. The van der Waals surface area contributed by atoms with Crippen molar-refractivity contribution in [3.8, 4) is 0 Å². The molecule has 0 bridgehead atoms. The molecule has 0 aliphatic carbocycles. The number of hydrogen-bond acceptors (Lipinski definition) is 2. The monoisotopic (exact) mass is 283 g/mol. The van der Waals surface area contributed by atoms with E-state index >= 15 is 0 Å². The normalized spacial score (nSPS) is 24.7. The van der Waals surface area contributed by atoms with Gasteiger partial charge in [0.2, 0.25) is 0 Å². The van der Waals surface area contributed by atoms with Gasteiger partial charge in [-0.05, 0) is 32.2 Å². The highest BCUT2D eigenvalue weighted by atomic mass is 35.5. The van der Waals surface area contributed by atoms with E-state index < -0.39 is 0 Å². The van der Waals surface area contributed by atoms with Gasteiger partial charge in [-0.2, -0.15) is 5.10 Å². The average Bonchev–Trinajstić information content (AvgIpc) is 2.58. The van der Waals surface area contributed by atoms with Crippen LogP contribution < -0.4 is 5.32 Å². The number of aromatic nitrogens is 2. The van der Waals surface area contributed by atoms with Crippen molar-refractivity contribution in [1.82, 2.24) is 15.1 Å². The van der Waals surface area contributed by atoms with Gasteiger partial charge in [0.05, 0.1) is 16.4 Å². The second-order valence-electron chi connectivity index (χ2n) is 6.19.